The Balaban J connectivity index is 1.38. The van der Waals surface area contributed by atoms with Gasteiger partial charge in [0, 0.05) is 43.6 Å². The predicted octanol–water partition coefficient (Wildman–Crippen LogP) is 2.64. The molecule has 1 saturated heterocycles. The minimum atomic E-state index is -0.115. The van der Waals surface area contributed by atoms with Gasteiger partial charge in [0.1, 0.15) is 0 Å². The normalized spacial score (nSPS) is 21.3. The molecule has 0 aliphatic carbocycles. The molecule has 4 rings (SSSR count). The molecule has 2 atom stereocenters. The third-order valence-corrected chi connectivity index (χ3v) is 5.50. The first-order valence-electron chi connectivity index (χ1n) is 9.62. The first kappa shape index (κ1) is 18.4. The highest BCUT2D eigenvalue weighted by Crippen LogP contribution is 2.38. The summed E-state index contributed by atoms with van der Waals surface area (Å²) in [6.45, 7) is 1.86. The number of nitrogens with zero attached hydrogens (tertiary/aromatic N) is 3. The van der Waals surface area contributed by atoms with E-state index < -0.39 is 0 Å². The summed E-state index contributed by atoms with van der Waals surface area (Å²) in [6, 6.07) is 9.92. The van der Waals surface area contributed by atoms with Crippen molar-refractivity contribution in [3.8, 4) is 0 Å². The third-order valence-electron chi connectivity index (χ3n) is 5.50. The molecule has 3 heterocycles. The van der Waals surface area contributed by atoms with Crippen molar-refractivity contribution in [3.05, 3.63) is 48.3 Å². The van der Waals surface area contributed by atoms with Crippen molar-refractivity contribution < 1.29 is 9.59 Å². The van der Waals surface area contributed by atoms with Gasteiger partial charge in [0.15, 0.2) is 0 Å². The summed E-state index contributed by atoms with van der Waals surface area (Å²) >= 11 is 0. The third kappa shape index (κ3) is 3.84. The van der Waals surface area contributed by atoms with Crippen LogP contribution in [0, 0.1) is 0 Å². The monoisotopic (exact) mass is 379 g/mol. The Morgan fingerprint density at radius 2 is 1.82 bits per heavy atom. The molecule has 0 spiro atoms. The van der Waals surface area contributed by atoms with Crippen molar-refractivity contribution in [2.45, 2.75) is 38.3 Å². The van der Waals surface area contributed by atoms with Crippen molar-refractivity contribution in [3.63, 3.8) is 0 Å². The van der Waals surface area contributed by atoms with Crippen LogP contribution in [0.15, 0.2) is 42.6 Å². The molecule has 1 aromatic heterocycles. The van der Waals surface area contributed by atoms with Crippen LogP contribution in [0.25, 0.3) is 5.57 Å². The largest absolute Gasteiger partial charge is 0.326 e. The lowest BCUT2D eigenvalue weighted by molar-refractivity contribution is -0.118. The molecule has 2 aromatic rings. The van der Waals surface area contributed by atoms with Gasteiger partial charge in [-0.05, 0) is 55.2 Å². The van der Waals surface area contributed by atoms with Crippen molar-refractivity contribution >= 4 is 28.8 Å². The van der Waals surface area contributed by atoms with Crippen LogP contribution in [0.1, 0.15) is 31.9 Å². The van der Waals surface area contributed by atoms with Gasteiger partial charge in [-0.1, -0.05) is 6.08 Å². The van der Waals surface area contributed by atoms with Crippen LogP contribution in [0.2, 0.25) is 0 Å². The van der Waals surface area contributed by atoms with Crippen LogP contribution in [0.3, 0.4) is 0 Å². The number of aromatic nitrogens is 2. The average Bonchev–Trinajstić information content (AvgIpc) is 3.16. The minimum Gasteiger partial charge on any atom is -0.326 e. The van der Waals surface area contributed by atoms with Crippen LogP contribution >= 0.6 is 0 Å². The number of fused-ring (bicyclic) bond motifs is 2. The molecule has 7 heteroatoms. The molecule has 146 valence electrons. The molecule has 0 saturated carbocycles. The first-order chi connectivity index (χ1) is 13.5. The fourth-order valence-corrected chi connectivity index (χ4v) is 4.25. The first-order valence-corrected chi connectivity index (χ1v) is 9.62. The fourth-order valence-electron chi connectivity index (χ4n) is 4.25. The summed E-state index contributed by atoms with van der Waals surface area (Å²) < 4.78 is 1.91. The summed E-state index contributed by atoms with van der Waals surface area (Å²) in [5.41, 5.74) is 3.94. The number of aryl methyl sites for hydroxylation is 1. The molecule has 2 aliphatic heterocycles. The second-order valence-electron chi connectivity index (χ2n) is 7.51. The van der Waals surface area contributed by atoms with Crippen LogP contribution < -0.4 is 10.6 Å². The molecule has 7 nitrogen and oxygen atoms in total. The minimum absolute atomic E-state index is 0.0124. The molecule has 2 aliphatic rings. The zero-order valence-electron chi connectivity index (χ0n) is 16.2. The molecule has 2 amide bonds. The van der Waals surface area contributed by atoms with Crippen molar-refractivity contribution in [2.75, 3.05) is 17.2 Å². The zero-order valence-corrected chi connectivity index (χ0v) is 16.2. The number of hydrogen-bond donors (Lipinski definition) is 2. The average molecular weight is 379 g/mol. The summed E-state index contributed by atoms with van der Waals surface area (Å²) in [6.07, 6.45) is 7.28. The van der Waals surface area contributed by atoms with Crippen LogP contribution in [-0.2, 0) is 16.6 Å². The van der Waals surface area contributed by atoms with Gasteiger partial charge in [-0.2, -0.15) is 5.10 Å². The van der Waals surface area contributed by atoms with Crippen molar-refractivity contribution in [1.29, 1.82) is 0 Å². The highest BCUT2D eigenvalue weighted by atomic mass is 16.2. The number of carbonyl (C=O) groups excluding carboxylic acids is 2. The van der Waals surface area contributed by atoms with Crippen LogP contribution in [-0.4, -0.2) is 45.1 Å². The van der Waals surface area contributed by atoms with Crippen LogP contribution in [0.5, 0.6) is 0 Å². The smallest absolute Gasteiger partial charge is 0.238 e. The molecule has 2 unspecified atom stereocenters. The van der Waals surface area contributed by atoms with E-state index in [0.717, 1.165) is 24.9 Å². The molecule has 1 aromatic carbocycles. The van der Waals surface area contributed by atoms with Crippen LogP contribution in [0.4, 0.5) is 11.4 Å². The zero-order chi connectivity index (χ0) is 19.7. The van der Waals surface area contributed by atoms with E-state index in [9.17, 15) is 9.59 Å². The van der Waals surface area contributed by atoms with E-state index in [1.165, 1.54) is 18.2 Å². The standard InChI is InChI=1S/C21H25N5O2/c1-14(27)23-16-3-5-17(6-4-16)24-21(28)13-26-18-7-8-19(26)12-15(11-18)20-9-10-22-25(20)2/h3-6,9-11,18-19H,7-8,12-13H2,1-2H3,(H,23,27)(H,24,28). The Hall–Kier alpha value is -2.93. The lowest BCUT2D eigenvalue weighted by Crippen LogP contribution is -2.43. The topological polar surface area (TPSA) is 79.3 Å². The lowest BCUT2D eigenvalue weighted by Gasteiger charge is -2.33. The highest BCUT2D eigenvalue weighted by Gasteiger charge is 2.38. The summed E-state index contributed by atoms with van der Waals surface area (Å²) in [4.78, 5) is 26.0. The van der Waals surface area contributed by atoms with Gasteiger partial charge in [-0.15, -0.1) is 0 Å². The van der Waals surface area contributed by atoms with Gasteiger partial charge < -0.3 is 10.6 Å². The molecule has 1 fully saturated rings. The van der Waals surface area contributed by atoms with E-state index in [1.807, 2.05) is 17.9 Å². The second kappa shape index (κ2) is 7.59. The highest BCUT2D eigenvalue weighted by molar-refractivity contribution is 5.93. The molecule has 2 bridgehead atoms. The predicted molar refractivity (Wildman–Crippen MR) is 109 cm³/mol. The number of hydrogen-bond acceptors (Lipinski definition) is 4. The molecule has 28 heavy (non-hydrogen) atoms. The van der Waals surface area contributed by atoms with Gasteiger partial charge in [0.25, 0.3) is 0 Å². The Bertz CT molecular complexity index is 915. The Kier molecular flexibility index (Phi) is 5.00. The van der Waals surface area contributed by atoms with E-state index in [2.05, 4.69) is 32.8 Å². The summed E-state index contributed by atoms with van der Waals surface area (Å²) in [5, 5.41) is 9.95. The van der Waals surface area contributed by atoms with Gasteiger partial charge in [-0.25, -0.2) is 0 Å². The summed E-state index contributed by atoms with van der Waals surface area (Å²) in [5.74, 6) is -0.127. The van der Waals surface area contributed by atoms with Crippen molar-refractivity contribution in [1.82, 2.24) is 14.7 Å². The van der Waals surface area contributed by atoms with Gasteiger partial charge in [0.2, 0.25) is 11.8 Å². The number of benzene rings is 1. The maximum Gasteiger partial charge on any atom is 0.238 e. The molecule has 0 radical (unpaired) electrons. The maximum atomic E-state index is 12.6. The van der Waals surface area contributed by atoms with E-state index in [-0.39, 0.29) is 11.8 Å². The number of carbonyl (C=O) groups is 2. The van der Waals surface area contributed by atoms with E-state index in [4.69, 9.17) is 0 Å². The summed E-state index contributed by atoms with van der Waals surface area (Å²) in [7, 11) is 1.97. The van der Waals surface area contributed by atoms with Crippen molar-refractivity contribution in [2.24, 2.45) is 7.05 Å². The Morgan fingerprint density at radius 3 is 2.43 bits per heavy atom. The molecule has 2 N–H and O–H groups in total. The van der Waals surface area contributed by atoms with Gasteiger partial charge in [0.05, 0.1) is 12.2 Å². The van der Waals surface area contributed by atoms with E-state index in [1.54, 1.807) is 24.3 Å². The molecular formula is C21H25N5O2. The Labute approximate surface area is 164 Å². The fraction of sp³-hybridized carbons (Fsp3) is 0.381. The number of rotatable bonds is 5. The van der Waals surface area contributed by atoms with E-state index >= 15 is 0 Å². The molecular weight excluding hydrogens is 354 g/mol. The Morgan fingerprint density at radius 1 is 1.11 bits per heavy atom. The SMILES string of the molecule is CC(=O)Nc1ccc(NC(=O)CN2C3C=C(c4ccnn4C)CC2CC3)cc1. The number of anilines is 2. The van der Waals surface area contributed by atoms with Gasteiger partial charge in [-0.3, -0.25) is 19.2 Å². The lowest BCUT2D eigenvalue weighted by atomic mass is 9.98. The second-order valence-corrected chi connectivity index (χ2v) is 7.51. The quantitative estimate of drug-likeness (QED) is 0.837. The van der Waals surface area contributed by atoms with Gasteiger partial charge >= 0.3 is 0 Å². The number of nitrogens with one attached hydrogen (secondary N) is 2. The maximum absolute atomic E-state index is 12.6. The number of amides is 2. The van der Waals surface area contributed by atoms with E-state index in [0.29, 0.717) is 24.3 Å².